The van der Waals surface area contributed by atoms with Crippen LogP contribution in [-0.4, -0.2) is 11.7 Å². The second-order valence-corrected chi connectivity index (χ2v) is 3.80. The van der Waals surface area contributed by atoms with E-state index in [1.807, 2.05) is 0 Å². The molecule has 0 fully saturated rings. The third kappa shape index (κ3) is 2.90. The summed E-state index contributed by atoms with van der Waals surface area (Å²) in [4.78, 5) is 12.0. The topological polar surface area (TPSA) is 17.1 Å². The summed E-state index contributed by atoms with van der Waals surface area (Å²) in [5.41, 5.74) is 0.587. The van der Waals surface area contributed by atoms with Crippen molar-refractivity contribution in [3.8, 4) is 0 Å². The van der Waals surface area contributed by atoms with Crippen LogP contribution in [0.3, 0.4) is 0 Å². The van der Waals surface area contributed by atoms with Crippen LogP contribution in [-0.2, 0) is 0 Å². The number of carbonyl (C=O) groups is 1. The lowest BCUT2D eigenvalue weighted by molar-refractivity contribution is 0.0989. The molecule has 0 aliphatic heterocycles. The molecule has 0 radical (unpaired) electrons. The van der Waals surface area contributed by atoms with Crippen molar-refractivity contribution in [2.75, 3.05) is 5.88 Å². The molecule has 70 valence electrons. The Hall–Kier alpha value is -0.180. The highest BCUT2D eigenvalue weighted by molar-refractivity contribution is 7.80. The van der Waals surface area contributed by atoms with E-state index in [-0.39, 0.29) is 5.78 Å². The van der Waals surface area contributed by atoms with E-state index in [2.05, 4.69) is 12.6 Å². The number of Topliss-reactive ketones (excluding diaryl/α,β-unsaturated/α-hetero) is 1. The third-order valence-corrected chi connectivity index (χ3v) is 2.61. The molecular formula is C9H8Cl2OS. The monoisotopic (exact) mass is 234 g/mol. The number of halogens is 2. The first kappa shape index (κ1) is 10.9. The maximum atomic E-state index is 11.3. The summed E-state index contributed by atoms with van der Waals surface area (Å²) in [7, 11) is 0. The van der Waals surface area contributed by atoms with Crippen LogP contribution in [0.2, 0.25) is 5.02 Å². The average molecular weight is 235 g/mol. The van der Waals surface area contributed by atoms with Crippen LogP contribution >= 0.6 is 35.8 Å². The van der Waals surface area contributed by atoms with Crippen molar-refractivity contribution in [3.63, 3.8) is 0 Å². The number of thiol groups is 1. The fraction of sp³-hybridized carbons (Fsp3) is 0.222. The number of hydrogen-bond acceptors (Lipinski definition) is 2. The molecular weight excluding hydrogens is 227 g/mol. The summed E-state index contributed by atoms with van der Waals surface area (Å²) in [6.45, 7) is 0. The van der Waals surface area contributed by atoms with Gasteiger partial charge < -0.3 is 0 Å². The molecule has 1 aromatic carbocycles. The number of alkyl halides is 1. The molecule has 0 unspecified atom stereocenters. The van der Waals surface area contributed by atoms with Gasteiger partial charge in [-0.05, 0) is 12.1 Å². The van der Waals surface area contributed by atoms with E-state index in [1.54, 1.807) is 18.2 Å². The fourth-order valence-electron chi connectivity index (χ4n) is 0.911. The number of benzene rings is 1. The van der Waals surface area contributed by atoms with E-state index in [4.69, 9.17) is 23.2 Å². The van der Waals surface area contributed by atoms with E-state index in [0.717, 1.165) is 0 Å². The molecule has 0 aliphatic rings. The second kappa shape index (κ2) is 4.89. The summed E-state index contributed by atoms with van der Waals surface area (Å²) in [5, 5.41) is 0.490. The Morgan fingerprint density at radius 2 is 2.15 bits per heavy atom. The van der Waals surface area contributed by atoms with Gasteiger partial charge in [-0.1, -0.05) is 17.7 Å². The van der Waals surface area contributed by atoms with Gasteiger partial charge in [0.05, 0.1) is 5.02 Å². The van der Waals surface area contributed by atoms with Gasteiger partial charge in [0, 0.05) is 22.8 Å². The van der Waals surface area contributed by atoms with E-state index in [9.17, 15) is 4.79 Å². The van der Waals surface area contributed by atoms with Crippen LogP contribution in [0, 0.1) is 0 Å². The first-order valence-electron chi connectivity index (χ1n) is 3.73. The molecule has 0 bridgehead atoms. The zero-order chi connectivity index (χ0) is 9.84. The SMILES string of the molecule is O=C(CCCl)c1ccc(S)c(Cl)c1. The molecule has 0 aromatic heterocycles. The highest BCUT2D eigenvalue weighted by Gasteiger charge is 2.06. The minimum absolute atomic E-state index is 0.00485. The van der Waals surface area contributed by atoms with Crippen molar-refractivity contribution in [3.05, 3.63) is 28.8 Å². The number of carbonyl (C=O) groups excluding carboxylic acids is 1. The third-order valence-electron chi connectivity index (χ3n) is 1.59. The first-order valence-corrected chi connectivity index (χ1v) is 5.09. The van der Waals surface area contributed by atoms with Crippen molar-refractivity contribution < 1.29 is 4.79 Å². The average Bonchev–Trinajstić information content (AvgIpc) is 2.10. The van der Waals surface area contributed by atoms with Crippen LogP contribution in [0.1, 0.15) is 16.8 Å². The number of ketones is 1. The zero-order valence-corrected chi connectivity index (χ0v) is 9.16. The van der Waals surface area contributed by atoms with Crippen molar-refractivity contribution in [2.45, 2.75) is 11.3 Å². The lowest BCUT2D eigenvalue weighted by Gasteiger charge is -2.00. The van der Waals surface area contributed by atoms with Crippen molar-refractivity contribution in [2.24, 2.45) is 0 Å². The van der Waals surface area contributed by atoms with Gasteiger partial charge in [-0.2, -0.15) is 0 Å². The molecule has 1 nitrogen and oxygen atoms in total. The summed E-state index contributed by atoms with van der Waals surface area (Å²) in [6.07, 6.45) is 0.337. The molecule has 13 heavy (non-hydrogen) atoms. The predicted octanol–water partition coefficient (Wildman–Crippen LogP) is 3.44. The minimum atomic E-state index is 0.00485. The highest BCUT2D eigenvalue weighted by Crippen LogP contribution is 2.21. The summed E-state index contributed by atoms with van der Waals surface area (Å²) >= 11 is 15.3. The van der Waals surface area contributed by atoms with Gasteiger partial charge in [0.2, 0.25) is 0 Å². The van der Waals surface area contributed by atoms with Gasteiger partial charge in [0.25, 0.3) is 0 Å². The molecule has 0 N–H and O–H groups in total. The maximum Gasteiger partial charge on any atom is 0.164 e. The van der Waals surface area contributed by atoms with Crippen LogP contribution in [0.25, 0.3) is 0 Å². The maximum absolute atomic E-state index is 11.3. The van der Waals surface area contributed by atoms with Gasteiger partial charge >= 0.3 is 0 Å². The molecule has 1 aromatic rings. The van der Waals surface area contributed by atoms with Gasteiger partial charge in [0.15, 0.2) is 5.78 Å². The molecule has 0 heterocycles. The summed E-state index contributed by atoms with van der Waals surface area (Å²) in [5.74, 6) is 0.337. The largest absolute Gasteiger partial charge is 0.294 e. The molecule has 0 amide bonds. The Bertz CT molecular complexity index is 325. The molecule has 1 rings (SSSR count). The van der Waals surface area contributed by atoms with Crippen molar-refractivity contribution in [1.82, 2.24) is 0 Å². The first-order chi connectivity index (χ1) is 6.15. The smallest absolute Gasteiger partial charge is 0.164 e. The molecule has 4 heteroatoms. The lowest BCUT2D eigenvalue weighted by atomic mass is 10.1. The highest BCUT2D eigenvalue weighted by atomic mass is 35.5. The van der Waals surface area contributed by atoms with Gasteiger partial charge in [-0.3, -0.25) is 4.79 Å². The normalized spacial score (nSPS) is 10.1. The molecule has 0 saturated heterocycles. The summed E-state index contributed by atoms with van der Waals surface area (Å²) < 4.78 is 0. The van der Waals surface area contributed by atoms with Crippen LogP contribution in [0.15, 0.2) is 23.1 Å². The van der Waals surface area contributed by atoms with Crippen LogP contribution in [0.5, 0.6) is 0 Å². The zero-order valence-electron chi connectivity index (χ0n) is 6.76. The molecule has 0 spiro atoms. The number of hydrogen-bond donors (Lipinski definition) is 1. The Balaban J connectivity index is 2.90. The molecule has 0 atom stereocenters. The van der Waals surface area contributed by atoms with E-state index >= 15 is 0 Å². The van der Waals surface area contributed by atoms with Gasteiger partial charge in [-0.25, -0.2) is 0 Å². The Morgan fingerprint density at radius 1 is 1.46 bits per heavy atom. The Kier molecular flexibility index (Phi) is 4.10. The van der Waals surface area contributed by atoms with Crippen molar-refractivity contribution in [1.29, 1.82) is 0 Å². The Morgan fingerprint density at radius 3 is 2.69 bits per heavy atom. The van der Waals surface area contributed by atoms with E-state index in [0.29, 0.717) is 27.8 Å². The van der Waals surface area contributed by atoms with E-state index in [1.165, 1.54) is 0 Å². The van der Waals surface area contributed by atoms with Crippen LogP contribution in [0.4, 0.5) is 0 Å². The number of rotatable bonds is 3. The Labute approximate surface area is 92.4 Å². The minimum Gasteiger partial charge on any atom is -0.294 e. The van der Waals surface area contributed by atoms with Crippen molar-refractivity contribution >= 4 is 41.6 Å². The molecule has 0 saturated carbocycles. The van der Waals surface area contributed by atoms with Gasteiger partial charge in [-0.15, -0.1) is 24.2 Å². The van der Waals surface area contributed by atoms with E-state index < -0.39 is 0 Å². The summed E-state index contributed by atoms with van der Waals surface area (Å²) in [6, 6.07) is 5.01. The lowest BCUT2D eigenvalue weighted by Crippen LogP contribution is -1.99. The quantitative estimate of drug-likeness (QED) is 0.482. The van der Waals surface area contributed by atoms with Crippen LogP contribution < -0.4 is 0 Å². The second-order valence-electron chi connectivity index (χ2n) is 2.53. The van der Waals surface area contributed by atoms with Gasteiger partial charge in [0.1, 0.15) is 0 Å². The predicted molar refractivity (Wildman–Crippen MR) is 58.4 cm³/mol. The fourth-order valence-corrected chi connectivity index (χ4v) is 1.40. The standard InChI is InChI=1S/C9H8Cl2OS/c10-4-3-8(12)6-1-2-9(13)7(11)5-6/h1-2,5,13H,3-4H2. The molecule has 0 aliphatic carbocycles.